The summed E-state index contributed by atoms with van der Waals surface area (Å²) in [5, 5.41) is 8.18. The molecule has 1 saturated heterocycles. The Kier molecular flexibility index (Phi) is 9.45. The van der Waals surface area contributed by atoms with Crippen LogP contribution in [0.5, 0.6) is 0 Å². The van der Waals surface area contributed by atoms with Crippen LogP contribution < -0.4 is 10.6 Å². The molecule has 2 rings (SSSR count). The molecule has 0 spiro atoms. The lowest BCUT2D eigenvalue weighted by molar-refractivity contribution is 0.0957. The highest BCUT2D eigenvalue weighted by Gasteiger charge is 2.15. The third kappa shape index (κ3) is 6.12. The van der Waals surface area contributed by atoms with Crippen molar-refractivity contribution in [1.29, 1.82) is 0 Å². The van der Waals surface area contributed by atoms with Gasteiger partial charge in [-0.3, -0.25) is 9.79 Å². The molecule has 22 heavy (non-hydrogen) atoms. The van der Waals surface area contributed by atoms with Gasteiger partial charge in [-0.2, -0.15) is 0 Å². The van der Waals surface area contributed by atoms with Gasteiger partial charge in [0.2, 0.25) is 0 Å². The number of thiophene rings is 1. The van der Waals surface area contributed by atoms with Crippen LogP contribution in [0.3, 0.4) is 0 Å². The Morgan fingerprint density at radius 2 is 2.14 bits per heavy atom. The highest BCUT2D eigenvalue weighted by Crippen LogP contribution is 2.08. The van der Waals surface area contributed by atoms with Gasteiger partial charge in [-0.15, -0.1) is 35.3 Å². The second-order valence-electron chi connectivity index (χ2n) is 5.02. The maximum Gasteiger partial charge on any atom is 0.261 e. The molecule has 1 aliphatic rings. The molecule has 2 N–H and O–H groups in total. The fraction of sp³-hybridized carbons (Fsp3) is 0.600. The number of rotatable bonds is 6. The molecule has 0 aromatic carbocycles. The van der Waals surface area contributed by atoms with Crippen LogP contribution in [0.4, 0.5) is 0 Å². The van der Waals surface area contributed by atoms with E-state index in [9.17, 15) is 4.79 Å². The van der Waals surface area contributed by atoms with Crippen molar-refractivity contribution in [3.63, 3.8) is 0 Å². The van der Waals surface area contributed by atoms with Crippen molar-refractivity contribution in [2.24, 2.45) is 4.99 Å². The predicted octanol–water partition coefficient (Wildman–Crippen LogP) is 2.55. The number of halogens is 1. The van der Waals surface area contributed by atoms with Gasteiger partial charge in [0.05, 0.1) is 4.88 Å². The van der Waals surface area contributed by atoms with Crippen molar-refractivity contribution in [3.8, 4) is 0 Å². The molecule has 0 unspecified atom stereocenters. The molecule has 0 radical (unpaired) electrons. The summed E-state index contributed by atoms with van der Waals surface area (Å²) >= 11 is 1.47. The minimum Gasteiger partial charge on any atom is -0.357 e. The lowest BCUT2D eigenvalue weighted by atomic mass is 10.4. The molecule has 0 atom stereocenters. The molecule has 1 aliphatic heterocycles. The average molecular weight is 436 g/mol. The summed E-state index contributed by atoms with van der Waals surface area (Å²) in [6, 6.07) is 3.73. The first-order valence-corrected chi connectivity index (χ1v) is 8.54. The summed E-state index contributed by atoms with van der Waals surface area (Å²) in [5.41, 5.74) is 0. The molecule has 0 saturated carbocycles. The van der Waals surface area contributed by atoms with E-state index in [1.165, 1.54) is 24.2 Å². The van der Waals surface area contributed by atoms with Gasteiger partial charge in [0.15, 0.2) is 5.96 Å². The highest BCUT2D eigenvalue weighted by atomic mass is 127. The quantitative estimate of drug-likeness (QED) is 0.312. The van der Waals surface area contributed by atoms with Gasteiger partial charge in [-0.05, 0) is 37.6 Å². The van der Waals surface area contributed by atoms with Gasteiger partial charge in [0.1, 0.15) is 0 Å². The molecule has 1 amide bonds. The third-order valence-corrected chi connectivity index (χ3v) is 4.24. The van der Waals surface area contributed by atoms with Crippen LogP contribution in [-0.4, -0.2) is 49.5 Å². The molecule has 1 fully saturated rings. The lowest BCUT2D eigenvalue weighted by Gasteiger charge is -2.20. The van der Waals surface area contributed by atoms with Crippen molar-refractivity contribution >= 4 is 47.2 Å². The van der Waals surface area contributed by atoms with Crippen LogP contribution in [0.15, 0.2) is 22.5 Å². The molecule has 2 heterocycles. The number of hydrogen-bond acceptors (Lipinski definition) is 3. The maximum atomic E-state index is 11.8. The van der Waals surface area contributed by atoms with Crippen LogP contribution >= 0.6 is 35.3 Å². The third-order valence-electron chi connectivity index (χ3n) is 3.37. The zero-order chi connectivity index (χ0) is 14.9. The number of hydrogen-bond donors (Lipinski definition) is 2. The van der Waals surface area contributed by atoms with E-state index < -0.39 is 0 Å². The summed E-state index contributed by atoms with van der Waals surface area (Å²) in [4.78, 5) is 19.5. The molecule has 1 aromatic rings. The minimum atomic E-state index is 0. The fourth-order valence-corrected chi connectivity index (χ4v) is 2.96. The Bertz CT molecular complexity index is 458. The standard InChI is InChI=1S/C15H24N4OS.HI/c1-2-16-15(19-10-3-4-11-19)18-9-6-8-17-14(20)13-7-5-12-21-13;/h5,7,12H,2-4,6,8-11H2,1H3,(H,16,18)(H,17,20);1H. The predicted molar refractivity (Wildman–Crippen MR) is 103 cm³/mol. The second kappa shape index (κ2) is 10.8. The van der Waals surface area contributed by atoms with Crippen molar-refractivity contribution in [1.82, 2.24) is 15.5 Å². The number of carbonyl (C=O) groups excluding carboxylic acids is 1. The Balaban J connectivity index is 0.00000242. The molecule has 1 aromatic heterocycles. The monoisotopic (exact) mass is 436 g/mol. The van der Waals surface area contributed by atoms with E-state index in [-0.39, 0.29) is 29.9 Å². The fourth-order valence-electron chi connectivity index (χ4n) is 2.32. The van der Waals surface area contributed by atoms with Gasteiger partial charge in [0, 0.05) is 32.7 Å². The Labute approximate surface area is 153 Å². The minimum absolute atomic E-state index is 0. The van der Waals surface area contributed by atoms with E-state index in [2.05, 4.69) is 27.4 Å². The molecule has 0 aliphatic carbocycles. The van der Waals surface area contributed by atoms with E-state index >= 15 is 0 Å². The maximum absolute atomic E-state index is 11.8. The van der Waals surface area contributed by atoms with Gasteiger partial charge in [-0.25, -0.2) is 0 Å². The summed E-state index contributed by atoms with van der Waals surface area (Å²) in [6.45, 7) is 6.59. The molecule has 7 heteroatoms. The van der Waals surface area contributed by atoms with Gasteiger partial charge in [-0.1, -0.05) is 6.07 Å². The SMILES string of the molecule is CCNC(=NCCCNC(=O)c1cccs1)N1CCCC1.I. The number of amides is 1. The van der Waals surface area contributed by atoms with Crippen molar-refractivity contribution in [3.05, 3.63) is 22.4 Å². The number of likely N-dealkylation sites (tertiary alicyclic amines) is 1. The summed E-state index contributed by atoms with van der Waals surface area (Å²) in [6.07, 6.45) is 3.36. The zero-order valence-corrected chi connectivity index (χ0v) is 16.2. The molecule has 124 valence electrons. The number of guanidine groups is 1. The van der Waals surface area contributed by atoms with E-state index in [1.54, 1.807) is 0 Å². The van der Waals surface area contributed by atoms with E-state index in [1.807, 2.05) is 17.5 Å². The Morgan fingerprint density at radius 1 is 1.36 bits per heavy atom. The Morgan fingerprint density at radius 3 is 2.77 bits per heavy atom. The van der Waals surface area contributed by atoms with E-state index in [4.69, 9.17) is 0 Å². The summed E-state index contributed by atoms with van der Waals surface area (Å²) in [5.74, 6) is 1.03. The van der Waals surface area contributed by atoms with E-state index in [0.717, 1.165) is 43.4 Å². The highest BCUT2D eigenvalue weighted by molar-refractivity contribution is 14.0. The first-order valence-electron chi connectivity index (χ1n) is 7.66. The van der Waals surface area contributed by atoms with Gasteiger partial charge in [0.25, 0.3) is 5.91 Å². The van der Waals surface area contributed by atoms with Crippen molar-refractivity contribution < 1.29 is 4.79 Å². The van der Waals surface area contributed by atoms with Crippen LogP contribution in [0.25, 0.3) is 0 Å². The zero-order valence-electron chi connectivity index (χ0n) is 13.0. The summed E-state index contributed by atoms with van der Waals surface area (Å²) in [7, 11) is 0. The first kappa shape index (κ1) is 19.2. The van der Waals surface area contributed by atoms with Crippen LogP contribution in [0.1, 0.15) is 35.9 Å². The largest absolute Gasteiger partial charge is 0.357 e. The molecule has 0 bridgehead atoms. The van der Waals surface area contributed by atoms with Crippen LogP contribution in [-0.2, 0) is 0 Å². The van der Waals surface area contributed by atoms with Gasteiger partial charge < -0.3 is 15.5 Å². The lowest BCUT2D eigenvalue weighted by Crippen LogP contribution is -2.39. The average Bonchev–Trinajstić information content (AvgIpc) is 3.18. The number of nitrogens with zero attached hydrogens (tertiary/aromatic N) is 2. The smallest absolute Gasteiger partial charge is 0.261 e. The number of nitrogens with one attached hydrogen (secondary N) is 2. The molecule has 5 nitrogen and oxygen atoms in total. The van der Waals surface area contributed by atoms with Crippen LogP contribution in [0.2, 0.25) is 0 Å². The van der Waals surface area contributed by atoms with Gasteiger partial charge >= 0.3 is 0 Å². The normalized spacial score (nSPS) is 14.6. The molecular weight excluding hydrogens is 411 g/mol. The topological polar surface area (TPSA) is 56.7 Å². The van der Waals surface area contributed by atoms with Crippen molar-refractivity contribution in [2.45, 2.75) is 26.2 Å². The molecular formula is C15H25IN4OS. The second-order valence-corrected chi connectivity index (χ2v) is 5.96. The Hall–Kier alpha value is -0.830. The number of carbonyl (C=O) groups is 1. The first-order chi connectivity index (χ1) is 10.3. The number of aliphatic imine (C=N–C) groups is 1. The van der Waals surface area contributed by atoms with Crippen molar-refractivity contribution in [2.75, 3.05) is 32.7 Å². The van der Waals surface area contributed by atoms with Crippen LogP contribution in [0, 0.1) is 0 Å². The summed E-state index contributed by atoms with van der Waals surface area (Å²) < 4.78 is 0. The van der Waals surface area contributed by atoms with E-state index in [0.29, 0.717) is 6.54 Å².